The Morgan fingerprint density at radius 3 is 2.60 bits per heavy atom. The van der Waals surface area contributed by atoms with Crippen LogP contribution in [0, 0.1) is 0 Å². The number of hydrogen-bond acceptors (Lipinski definition) is 3. The normalized spacial score (nSPS) is 20.6. The molecule has 5 heteroatoms. The van der Waals surface area contributed by atoms with E-state index in [1.807, 2.05) is 12.1 Å². The maximum atomic E-state index is 12.1. The zero-order valence-electron chi connectivity index (χ0n) is 11.9. The topological polar surface area (TPSA) is 21.7 Å². The Bertz CT molecular complexity index is 405. The van der Waals surface area contributed by atoms with E-state index in [0.717, 1.165) is 31.6 Å². The molecule has 1 fully saturated rings. The molecule has 3 nitrogen and oxygen atoms in total. The van der Waals surface area contributed by atoms with Crippen LogP contribution < -0.4 is 4.74 Å². The second kappa shape index (κ2) is 6.99. The van der Waals surface area contributed by atoms with E-state index in [4.69, 9.17) is 4.74 Å². The lowest BCUT2D eigenvalue weighted by atomic mass is 10.1. The molecule has 0 saturated carbocycles. The van der Waals surface area contributed by atoms with E-state index in [0.29, 0.717) is 6.10 Å². The van der Waals surface area contributed by atoms with Crippen LogP contribution in [-0.2, 0) is 4.74 Å². The predicted molar refractivity (Wildman–Crippen MR) is 73.1 cm³/mol. The molecule has 1 aromatic rings. The van der Waals surface area contributed by atoms with E-state index >= 15 is 0 Å². The number of benzene rings is 1. The molecule has 112 valence electrons. The highest BCUT2D eigenvalue weighted by Crippen LogP contribution is 2.24. The van der Waals surface area contributed by atoms with E-state index in [2.05, 4.69) is 23.6 Å². The smallest absolute Gasteiger partial charge is 0.387 e. The van der Waals surface area contributed by atoms with Crippen molar-refractivity contribution in [3.05, 3.63) is 29.8 Å². The summed E-state index contributed by atoms with van der Waals surface area (Å²) in [6.07, 6.45) is 2.55. The number of halogens is 2. The summed E-state index contributed by atoms with van der Waals surface area (Å²) in [6, 6.07) is 7.03. The minimum atomic E-state index is -2.78. The minimum absolute atomic E-state index is 0.192. The molecule has 1 aliphatic heterocycles. The Balaban J connectivity index is 1.91. The Morgan fingerprint density at radius 2 is 2.05 bits per heavy atom. The van der Waals surface area contributed by atoms with Crippen molar-refractivity contribution in [2.24, 2.45) is 0 Å². The van der Waals surface area contributed by atoms with Crippen LogP contribution in [0.4, 0.5) is 8.78 Å². The molecule has 1 aromatic carbocycles. The van der Waals surface area contributed by atoms with Crippen molar-refractivity contribution in [2.45, 2.75) is 38.5 Å². The van der Waals surface area contributed by atoms with E-state index in [1.165, 1.54) is 0 Å². The van der Waals surface area contributed by atoms with Gasteiger partial charge in [-0.2, -0.15) is 8.78 Å². The Labute approximate surface area is 118 Å². The van der Waals surface area contributed by atoms with Crippen molar-refractivity contribution >= 4 is 0 Å². The molecule has 0 radical (unpaired) electrons. The highest BCUT2D eigenvalue weighted by atomic mass is 19.3. The fourth-order valence-corrected chi connectivity index (χ4v) is 2.45. The molecular weight excluding hydrogens is 264 g/mol. The Kier molecular flexibility index (Phi) is 5.31. The molecule has 1 heterocycles. The van der Waals surface area contributed by atoms with Gasteiger partial charge in [-0.25, -0.2) is 0 Å². The fourth-order valence-electron chi connectivity index (χ4n) is 2.45. The van der Waals surface area contributed by atoms with Crippen LogP contribution in [0.25, 0.3) is 0 Å². The van der Waals surface area contributed by atoms with Crippen molar-refractivity contribution in [1.82, 2.24) is 4.90 Å². The number of nitrogens with zero attached hydrogens (tertiary/aromatic N) is 1. The van der Waals surface area contributed by atoms with Gasteiger partial charge < -0.3 is 9.47 Å². The molecule has 0 N–H and O–H groups in total. The summed E-state index contributed by atoms with van der Waals surface area (Å²) >= 11 is 0. The fraction of sp³-hybridized carbons (Fsp3) is 0.600. The molecule has 0 bridgehead atoms. The third-order valence-corrected chi connectivity index (χ3v) is 3.76. The van der Waals surface area contributed by atoms with E-state index in [9.17, 15) is 8.78 Å². The second-order valence-corrected chi connectivity index (χ2v) is 5.20. The molecule has 0 aliphatic carbocycles. The van der Waals surface area contributed by atoms with Crippen LogP contribution in [0.5, 0.6) is 5.75 Å². The van der Waals surface area contributed by atoms with Crippen molar-refractivity contribution < 1.29 is 18.3 Å². The van der Waals surface area contributed by atoms with Crippen molar-refractivity contribution in [3.8, 4) is 5.75 Å². The summed E-state index contributed by atoms with van der Waals surface area (Å²) in [4.78, 5) is 2.22. The third kappa shape index (κ3) is 4.15. The zero-order valence-corrected chi connectivity index (χ0v) is 11.9. The lowest BCUT2D eigenvalue weighted by Gasteiger charge is -2.27. The average Bonchev–Trinajstić information content (AvgIpc) is 2.91. The van der Waals surface area contributed by atoms with Crippen LogP contribution in [0.2, 0.25) is 0 Å². The summed E-state index contributed by atoms with van der Waals surface area (Å²) < 4.78 is 34.2. The monoisotopic (exact) mass is 285 g/mol. The average molecular weight is 285 g/mol. The summed E-state index contributed by atoms with van der Waals surface area (Å²) in [7, 11) is 2.05. The van der Waals surface area contributed by atoms with Crippen molar-refractivity contribution in [2.75, 3.05) is 20.2 Å². The molecule has 2 rings (SSSR count). The number of hydrogen-bond donors (Lipinski definition) is 0. The van der Waals surface area contributed by atoms with Gasteiger partial charge in [-0.1, -0.05) is 12.1 Å². The van der Waals surface area contributed by atoms with Gasteiger partial charge in [0.2, 0.25) is 0 Å². The maximum absolute atomic E-state index is 12.1. The zero-order chi connectivity index (χ0) is 14.5. The van der Waals surface area contributed by atoms with Crippen LogP contribution in [0.3, 0.4) is 0 Å². The van der Waals surface area contributed by atoms with Gasteiger partial charge in [0, 0.05) is 19.2 Å². The van der Waals surface area contributed by atoms with Gasteiger partial charge in [0.05, 0.1) is 6.10 Å². The molecular formula is C15H21F2NO2. The highest BCUT2D eigenvalue weighted by Gasteiger charge is 2.20. The first-order valence-electron chi connectivity index (χ1n) is 6.93. The Hall–Kier alpha value is -1.20. The molecule has 1 saturated heterocycles. The van der Waals surface area contributed by atoms with Crippen molar-refractivity contribution in [1.29, 1.82) is 0 Å². The molecule has 0 aromatic heterocycles. The Morgan fingerprint density at radius 1 is 1.35 bits per heavy atom. The van der Waals surface area contributed by atoms with Gasteiger partial charge in [0.1, 0.15) is 5.75 Å². The number of likely N-dealkylation sites (N-methyl/N-ethyl adjacent to an activating group) is 1. The number of ether oxygens (including phenoxy) is 2. The third-order valence-electron chi connectivity index (χ3n) is 3.76. The summed E-state index contributed by atoms with van der Waals surface area (Å²) in [6.45, 7) is 1.06. The van der Waals surface area contributed by atoms with Crippen LogP contribution in [0.15, 0.2) is 24.3 Å². The first-order chi connectivity index (χ1) is 9.56. The number of rotatable bonds is 6. The molecule has 0 spiro atoms. The van der Waals surface area contributed by atoms with E-state index in [1.54, 1.807) is 12.1 Å². The maximum Gasteiger partial charge on any atom is 0.387 e. The van der Waals surface area contributed by atoms with Gasteiger partial charge >= 0.3 is 6.61 Å². The lowest BCUT2D eigenvalue weighted by molar-refractivity contribution is -0.0498. The quantitative estimate of drug-likeness (QED) is 0.799. The summed E-state index contributed by atoms with van der Waals surface area (Å²) in [5.74, 6) is 0.192. The van der Waals surface area contributed by atoms with E-state index < -0.39 is 6.61 Å². The van der Waals surface area contributed by atoms with Crippen LogP contribution >= 0.6 is 0 Å². The van der Waals surface area contributed by atoms with Gasteiger partial charge in [-0.05, 0) is 44.5 Å². The predicted octanol–water partition coefficient (Wildman–Crippen LogP) is 3.46. The molecule has 0 amide bonds. The minimum Gasteiger partial charge on any atom is -0.435 e. The first kappa shape index (κ1) is 15.2. The van der Waals surface area contributed by atoms with E-state index in [-0.39, 0.29) is 11.8 Å². The van der Waals surface area contributed by atoms with Crippen molar-refractivity contribution in [3.63, 3.8) is 0 Å². The first-order valence-corrected chi connectivity index (χ1v) is 6.93. The lowest BCUT2D eigenvalue weighted by Crippen LogP contribution is -2.31. The largest absolute Gasteiger partial charge is 0.435 e. The molecule has 1 aliphatic rings. The standard InChI is InChI=1S/C15H21F2NO2/c1-11(18(2)10-14-4-3-9-19-14)12-5-7-13(8-6-12)20-15(16)17/h5-8,11,14-15H,3-4,9-10H2,1-2H3/t11-,14-/m1/s1. The summed E-state index contributed by atoms with van der Waals surface area (Å²) in [5, 5.41) is 0. The van der Waals surface area contributed by atoms with Crippen LogP contribution in [-0.4, -0.2) is 37.8 Å². The number of alkyl halides is 2. The molecule has 20 heavy (non-hydrogen) atoms. The molecule has 0 unspecified atom stereocenters. The van der Waals surface area contributed by atoms with Crippen LogP contribution in [0.1, 0.15) is 31.4 Å². The van der Waals surface area contributed by atoms with Gasteiger partial charge in [0.15, 0.2) is 0 Å². The summed E-state index contributed by atoms with van der Waals surface area (Å²) in [5.41, 5.74) is 1.08. The SMILES string of the molecule is C[C@H](c1ccc(OC(F)F)cc1)N(C)C[C@H]1CCCO1. The van der Waals surface area contributed by atoms with Gasteiger partial charge in [-0.3, -0.25) is 4.90 Å². The second-order valence-electron chi connectivity index (χ2n) is 5.20. The van der Waals surface area contributed by atoms with Gasteiger partial charge in [0.25, 0.3) is 0 Å². The van der Waals surface area contributed by atoms with Gasteiger partial charge in [-0.15, -0.1) is 0 Å². The highest BCUT2D eigenvalue weighted by molar-refractivity contribution is 5.29. The molecule has 2 atom stereocenters.